The predicted molar refractivity (Wildman–Crippen MR) is 119 cm³/mol. The Labute approximate surface area is 179 Å². The van der Waals surface area contributed by atoms with Gasteiger partial charge in [0.25, 0.3) is 0 Å². The Balaban J connectivity index is 1.61. The van der Waals surface area contributed by atoms with E-state index in [4.69, 9.17) is 9.72 Å². The molecule has 0 saturated heterocycles. The van der Waals surface area contributed by atoms with Crippen LogP contribution in [0.2, 0.25) is 0 Å². The summed E-state index contributed by atoms with van der Waals surface area (Å²) in [6, 6.07) is 2.40. The lowest BCUT2D eigenvalue weighted by atomic mass is 9.42. The zero-order valence-corrected chi connectivity index (χ0v) is 19.2. The summed E-state index contributed by atoms with van der Waals surface area (Å²) in [6.45, 7) is 11.4. The van der Waals surface area contributed by atoms with Gasteiger partial charge in [-0.2, -0.15) is 0 Å². The SMILES string of the molecule is COc1cc2[nH]cnc2c2c1C1(C)CCC3C(C)(C)C(NC(C)=O)CCC3(C)C1C2. The molecule has 0 bridgehead atoms. The van der Waals surface area contributed by atoms with Gasteiger partial charge in [-0.3, -0.25) is 4.79 Å². The molecule has 5 rings (SSSR count). The summed E-state index contributed by atoms with van der Waals surface area (Å²) in [5.74, 6) is 2.26. The fourth-order valence-corrected chi connectivity index (χ4v) is 8.14. The molecule has 3 aliphatic rings. The predicted octanol–water partition coefficient (Wildman–Crippen LogP) is 4.74. The highest BCUT2D eigenvalue weighted by atomic mass is 16.5. The molecule has 0 spiro atoms. The first-order chi connectivity index (χ1) is 14.1. The second-order valence-corrected chi connectivity index (χ2v) is 11.1. The van der Waals surface area contributed by atoms with Crippen LogP contribution in [0.1, 0.15) is 71.4 Å². The van der Waals surface area contributed by atoms with Crippen LogP contribution in [0.4, 0.5) is 0 Å². The zero-order valence-electron chi connectivity index (χ0n) is 19.2. The molecule has 5 atom stereocenters. The van der Waals surface area contributed by atoms with Crippen LogP contribution in [-0.4, -0.2) is 29.0 Å². The van der Waals surface area contributed by atoms with E-state index in [1.54, 1.807) is 20.4 Å². The molecule has 0 radical (unpaired) electrons. The number of hydrogen-bond donors (Lipinski definition) is 2. The average Bonchev–Trinajstić information content (AvgIpc) is 3.26. The third-order valence-electron chi connectivity index (χ3n) is 9.44. The summed E-state index contributed by atoms with van der Waals surface area (Å²) in [5, 5.41) is 3.27. The van der Waals surface area contributed by atoms with Crippen molar-refractivity contribution in [1.29, 1.82) is 0 Å². The van der Waals surface area contributed by atoms with Gasteiger partial charge in [0.05, 0.1) is 24.5 Å². The van der Waals surface area contributed by atoms with Gasteiger partial charge in [-0.25, -0.2) is 4.98 Å². The summed E-state index contributed by atoms with van der Waals surface area (Å²) in [7, 11) is 1.80. The number of ether oxygens (including phenoxy) is 1. The number of amides is 1. The van der Waals surface area contributed by atoms with Crippen molar-refractivity contribution >= 4 is 16.9 Å². The lowest BCUT2D eigenvalue weighted by Gasteiger charge is -2.63. The quantitative estimate of drug-likeness (QED) is 0.753. The molecule has 2 fully saturated rings. The third-order valence-corrected chi connectivity index (χ3v) is 9.44. The van der Waals surface area contributed by atoms with E-state index in [9.17, 15) is 4.79 Å². The zero-order chi connectivity index (χ0) is 21.5. The van der Waals surface area contributed by atoms with Crippen LogP contribution < -0.4 is 10.1 Å². The van der Waals surface area contributed by atoms with E-state index in [0.717, 1.165) is 42.5 Å². The van der Waals surface area contributed by atoms with E-state index >= 15 is 0 Å². The van der Waals surface area contributed by atoms with Crippen molar-refractivity contribution in [2.75, 3.05) is 7.11 Å². The highest BCUT2D eigenvalue weighted by molar-refractivity contribution is 5.84. The Bertz CT molecular complexity index is 1020. The maximum atomic E-state index is 11.9. The number of nitrogens with one attached hydrogen (secondary N) is 2. The number of aromatic amines is 1. The van der Waals surface area contributed by atoms with Crippen molar-refractivity contribution in [3.8, 4) is 5.75 Å². The minimum absolute atomic E-state index is 0.0838. The molecular weight excluding hydrogens is 374 g/mol. The summed E-state index contributed by atoms with van der Waals surface area (Å²) < 4.78 is 5.92. The molecular formula is C25H35N3O2. The number of aromatic nitrogens is 2. The molecule has 5 unspecified atom stereocenters. The topological polar surface area (TPSA) is 67.0 Å². The number of carbonyl (C=O) groups excluding carboxylic acids is 1. The first-order valence-electron chi connectivity index (χ1n) is 11.4. The number of fused-ring (bicyclic) bond motifs is 7. The van der Waals surface area contributed by atoms with Crippen molar-refractivity contribution in [3.05, 3.63) is 23.5 Å². The standard InChI is InChI=1S/C25H35N3O2/c1-14(29)28-20-8-10-24(4)18(23(20,2)3)7-9-25(5)19(24)11-15-21(25)17(30-6)12-16-22(15)27-13-26-16/h12-13,18-20H,7-11H2,1-6H3,(H,26,27)(H,28,29). The average molecular weight is 410 g/mol. The molecule has 30 heavy (non-hydrogen) atoms. The number of carbonyl (C=O) groups is 1. The maximum absolute atomic E-state index is 11.9. The van der Waals surface area contributed by atoms with Crippen molar-refractivity contribution in [2.45, 2.75) is 78.2 Å². The number of methoxy groups -OCH3 is 1. The van der Waals surface area contributed by atoms with Gasteiger partial charge < -0.3 is 15.0 Å². The van der Waals surface area contributed by atoms with Crippen LogP contribution in [0.5, 0.6) is 5.75 Å². The number of rotatable bonds is 2. The van der Waals surface area contributed by atoms with Gasteiger partial charge in [0.1, 0.15) is 5.75 Å². The first kappa shape index (κ1) is 19.9. The van der Waals surface area contributed by atoms with Crippen molar-refractivity contribution in [3.63, 3.8) is 0 Å². The molecule has 1 amide bonds. The highest BCUT2D eigenvalue weighted by Gasteiger charge is 2.63. The molecule has 3 aliphatic carbocycles. The smallest absolute Gasteiger partial charge is 0.217 e. The minimum atomic E-state index is 0.0838. The molecule has 162 valence electrons. The summed E-state index contributed by atoms with van der Waals surface area (Å²) in [6.07, 6.45) is 7.43. The van der Waals surface area contributed by atoms with Crippen LogP contribution in [0.15, 0.2) is 12.4 Å². The van der Waals surface area contributed by atoms with E-state index in [1.807, 2.05) is 0 Å². The van der Waals surface area contributed by atoms with E-state index < -0.39 is 0 Å². The fourth-order valence-electron chi connectivity index (χ4n) is 8.14. The highest BCUT2D eigenvalue weighted by Crippen LogP contribution is 2.68. The molecule has 1 heterocycles. The second kappa shape index (κ2) is 6.24. The van der Waals surface area contributed by atoms with Crippen LogP contribution in [-0.2, 0) is 16.6 Å². The van der Waals surface area contributed by atoms with Gasteiger partial charge in [-0.05, 0) is 60.3 Å². The maximum Gasteiger partial charge on any atom is 0.217 e. The molecule has 5 heteroatoms. The lowest BCUT2D eigenvalue weighted by Crippen LogP contribution is -2.61. The number of imidazole rings is 1. The Kier molecular flexibility index (Phi) is 4.14. The summed E-state index contributed by atoms with van der Waals surface area (Å²) in [5.41, 5.74) is 5.41. The number of nitrogens with zero attached hydrogens (tertiary/aromatic N) is 1. The van der Waals surface area contributed by atoms with Crippen molar-refractivity contribution in [2.24, 2.45) is 22.7 Å². The first-order valence-corrected chi connectivity index (χ1v) is 11.4. The van der Waals surface area contributed by atoms with Crippen molar-refractivity contribution in [1.82, 2.24) is 15.3 Å². The molecule has 1 aromatic heterocycles. The Hall–Kier alpha value is -2.04. The summed E-state index contributed by atoms with van der Waals surface area (Å²) in [4.78, 5) is 19.8. The summed E-state index contributed by atoms with van der Waals surface area (Å²) >= 11 is 0. The Morgan fingerprint density at radius 3 is 2.67 bits per heavy atom. The molecule has 2 N–H and O–H groups in total. The number of hydrogen-bond acceptors (Lipinski definition) is 3. The van der Waals surface area contributed by atoms with Gasteiger partial charge in [0.2, 0.25) is 5.91 Å². The van der Waals surface area contributed by atoms with Crippen LogP contribution in [0, 0.1) is 22.7 Å². The normalized spacial score (nSPS) is 36.7. The molecule has 2 aromatic rings. The van der Waals surface area contributed by atoms with Gasteiger partial charge in [-0.15, -0.1) is 0 Å². The monoisotopic (exact) mass is 409 g/mol. The number of H-pyrrole nitrogens is 1. The fraction of sp³-hybridized carbons (Fsp3) is 0.680. The van der Waals surface area contributed by atoms with E-state index in [-0.39, 0.29) is 28.2 Å². The molecule has 2 saturated carbocycles. The van der Waals surface area contributed by atoms with Gasteiger partial charge >= 0.3 is 0 Å². The Morgan fingerprint density at radius 2 is 1.97 bits per heavy atom. The number of benzene rings is 1. The molecule has 5 nitrogen and oxygen atoms in total. The van der Waals surface area contributed by atoms with E-state index in [1.165, 1.54) is 17.5 Å². The Morgan fingerprint density at radius 1 is 1.20 bits per heavy atom. The van der Waals surface area contributed by atoms with Crippen LogP contribution in [0.3, 0.4) is 0 Å². The lowest BCUT2D eigenvalue weighted by molar-refractivity contribution is -0.131. The van der Waals surface area contributed by atoms with E-state index in [2.05, 4.69) is 44.1 Å². The third kappa shape index (κ3) is 2.41. The van der Waals surface area contributed by atoms with Gasteiger partial charge in [0.15, 0.2) is 0 Å². The van der Waals surface area contributed by atoms with Crippen LogP contribution in [0.25, 0.3) is 11.0 Å². The molecule has 0 aliphatic heterocycles. The van der Waals surface area contributed by atoms with Crippen LogP contribution >= 0.6 is 0 Å². The largest absolute Gasteiger partial charge is 0.496 e. The van der Waals surface area contributed by atoms with Gasteiger partial charge in [-0.1, -0.05) is 27.7 Å². The van der Waals surface area contributed by atoms with E-state index in [0.29, 0.717) is 11.8 Å². The van der Waals surface area contributed by atoms with Crippen molar-refractivity contribution < 1.29 is 9.53 Å². The molecule has 1 aromatic carbocycles. The second-order valence-electron chi connectivity index (χ2n) is 11.1. The minimum Gasteiger partial charge on any atom is -0.496 e. The van der Waals surface area contributed by atoms with Gasteiger partial charge in [0, 0.05) is 30.0 Å².